The fourth-order valence-electron chi connectivity index (χ4n) is 1.42. The van der Waals surface area contributed by atoms with Gasteiger partial charge in [0.1, 0.15) is 6.20 Å². The van der Waals surface area contributed by atoms with Crippen molar-refractivity contribution in [1.82, 2.24) is 15.1 Å². The number of hydrogen-bond acceptors (Lipinski definition) is 6. The molecule has 0 atom stereocenters. The number of nitrogens with zero attached hydrogens (tertiary/aromatic N) is 4. The highest BCUT2D eigenvalue weighted by Crippen LogP contribution is 2.46. The molecule has 2 aromatic heterocycles. The maximum absolute atomic E-state index is 11.9. The lowest BCUT2D eigenvalue weighted by Crippen LogP contribution is -2.37. The SMILES string of the molecule is CC.COP(=O)(C[n+]1ccc(-c2ncccn2)cn1)OC. The Kier molecular flexibility index (Phi) is 7.08. The van der Waals surface area contributed by atoms with Crippen molar-refractivity contribution in [2.75, 3.05) is 14.2 Å². The quantitative estimate of drug-likeness (QED) is 0.623. The average molecular weight is 311 g/mol. The van der Waals surface area contributed by atoms with Gasteiger partial charge in [0.25, 0.3) is 6.29 Å². The maximum atomic E-state index is 11.9. The Balaban J connectivity index is 0.00000106. The number of rotatable bonds is 5. The van der Waals surface area contributed by atoms with E-state index in [9.17, 15) is 4.57 Å². The predicted molar refractivity (Wildman–Crippen MR) is 78.4 cm³/mol. The molecule has 8 heteroatoms. The molecule has 2 aromatic rings. The van der Waals surface area contributed by atoms with E-state index in [0.717, 1.165) is 5.56 Å². The first-order chi connectivity index (χ1) is 10.2. The summed E-state index contributed by atoms with van der Waals surface area (Å²) in [6, 6.07) is 3.53. The maximum Gasteiger partial charge on any atom is 0.397 e. The van der Waals surface area contributed by atoms with Gasteiger partial charge in [0, 0.05) is 38.2 Å². The van der Waals surface area contributed by atoms with Gasteiger partial charge in [0.2, 0.25) is 0 Å². The van der Waals surface area contributed by atoms with Crippen molar-refractivity contribution >= 4 is 7.60 Å². The summed E-state index contributed by atoms with van der Waals surface area (Å²) in [5.41, 5.74) is 0.779. The molecule has 0 amide bonds. The Hall–Kier alpha value is -1.69. The van der Waals surface area contributed by atoms with Crippen molar-refractivity contribution in [3.8, 4) is 11.4 Å². The summed E-state index contributed by atoms with van der Waals surface area (Å²) < 4.78 is 23.1. The molecule has 0 N–H and O–H groups in total. The molecule has 0 aliphatic heterocycles. The van der Waals surface area contributed by atoms with Crippen LogP contribution in [0.1, 0.15) is 13.8 Å². The van der Waals surface area contributed by atoms with E-state index in [4.69, 9.17) is 9.05 Å². The van der Waals surface area contributed by atoms with Crippen molar-refractivity contribution in [1.29, 1.82) is 0 Å². The van der Waals surface area contributed by atoms with Crippen LogP contribution in [0.2, 0.25) is 0 Å². The second-order valence-electron chi connectivity index (χ2n) is 3.64. The zero-order valence-corrected chi connectivity index (χ0v) is 13.5. The number of hydrogen-bond donors (Lipinski definition) is 0. The summed E-state index contributed by atoms with van der Waals surface area (Å²) in [4.78, 5) is 8.24. The fraction of sp³-hybridized carbons (Fsp3) is 0.385. The summed E-state index contributed by atoms with van der Waals surface area (Å²) in [5.74, 6) is 0.587. The molecular formula is C13H20N4O3P+. The molecule has 0 fully saturated rings. The van der Waals surface area contributed by atoms with E-state index in [2.05, 4.69) is 15.1 Å². The van der Waals surface area contributed by atoms with Crippen LogP contribution in [-0.4, -0.2) is 29.3 Å². The molecule has 0 radical (unpaired) electrons. The van der Waals surface area contributed by atoms with Crippen molar-refractivity contribution in [3.63, 3.8) is 0 Å². The second kappa shape index (κ2) is 8.56. The Morgan fingerprint density at radius 1 is 1.19 bits per heavy atom. The monoisotopic (exact) mass is 311 g/mol. The van der Waals surface area contributed by atoms with Gasteiger partial charge in [-0.3, -0.25) is 4.57 Å². The van der Waals surface area contributed by atoms with Crippen LogP contribution < -0.4 is 4.68 Å². The van der Waals surface area contributed by atoms with Crippen LogP contribution in [0.5, 0.6) is 0 Å². The molecule has 114 valence electrons. The van der Waals surface area contributed by atoms with Crippen LogP contribution in [0.15, 0.2) is 36.9 Å². The molecule has 0 saturated carbocycles. The molecule has 0 saturated heterocycles. The van der Waals surface area contributed by atoms with Crippen LogP contribution in [0, 0.1) is 0 Å². The largest absolute Gasteiger partial charge is 0.397 e. The average Bonchev–Trinajstić information content (AvgIpc) is 2.58. The van der Waals surface area contributed by atoms with Gasteiger partial charge in [-0.15, -0.1) is 0 Å². The summed E-state index contributed by atoms with van der Waals surface area (Å²) in [5, 5.41) is 4.14. The van der Waals surface area contributed by atoms with Crippen LogP contribution >= 0.6 is 7.60 Å². The van der Waals surface area contributed by atoms with Crippen molar-refractivity contribution in [3.05, 3.63) is 36.9 Å². The third-order valence-electron chi connectivity index (χ3n) is 2.47. The molecule has 0 unspecified atom stereocenters. The second-order valence-corrected chi connectivity index (χ2v) is 5.88. The van der Waals surface area contributed by atoms with Gasteiger partial charge in [-0.2, -0.15) is 0 Å². The Morgan fingerprint density at radius 3 is 2.29 bits per heavy atom. The molecule has 21 heavy (non-hydrogen) atoms. The zero-order valence-electron chi connectivity index (χ0n) is 12.6. The predicted octanol–water partition coefficient (Wildman–Crippen LogP) is 2.30. The Morgan fingerprint density at radius 2 is 1.81 bits per heavy atom. The van der Waals surface area contributed by atoms with Gasteiger partial charge in [0.05, 0.1) is 0 Å². The zero-order chi connectivity index (χ0) is 15.7. The van der Waals surface area contributed by atoms with Gasteiger partial charge < -0.3 is 9.05 Å². The third kappa shape index (κ3) is 4.97. The van der Waals surface area contributed by atoms with Gasteiger partial charge >= 0.3 is 7.60 Å². The topological polar surface area (TPSA) is 78.1 Å². The lowest BCUT2D eigenvalue weighted by atomic mass is 10.3. The Bertz CT molecular complexity index is 570. The van der Waals surface area contributed by atoms with Crippen molar-refractivity contribution < 1.29 is 18.3 Å². The summed E-state index contributed by atoms with van der Waals surface area (Å²) in [6.45, 7) is 4.00. The molecule has 2 heterocycles. The normalized spacial score (nSPS) is 10.7. The third-order valence-corrected chi connectivity index (χ3v) is 4.22. The van der Waals surface area contributed by atoms with Gasteiger partial charge in [-0.25, -0.2) is 9.97 Å². The molecule has 0 aromatic carbocycles. The van der Waals surface area contributed by atoms with Gasteiger partial charge in [-0.1, -0.05) is 18.5 Å². The highest BCUT2D eigenvalue weighted by Gasteiger charge is 2.28. The van der Waals surface area contributed by atoms with E-state index in [1.807, 2.05) is 13.8 Å². The van der Waals surface area contributed by atoms with E-state index < -0.39 is 7.60 Å². The van der Waals surface area contributed by atoms with E-state index in [-0.39, 0.29) is 6.29 Å². The van der Waals surface area contributed by atoms with Crippen molar-refractivity contribution in [2.24, 2.45) is 0 Å². The van der Waals surface area contributed by atoms with Crippen LogP contribution in [-0.2, 0) is 19.9 Å². The van der Waals surface area contributed by atoms with Crippen LogP contribution in [0.3, 0.4) is 0 Å². The van der Waals surface area contributed by atoms with E-state index in [0.29, 0.717) is 5.82 Å². The first-order valence-corrected chi connectivity index (χ1v) is 8.23. The molecule has 0 spiro atoms. The molecule has 7 nitrogen and oxygen atoms in total. The summed E-state index contributed by atoms with van der Waals surface area (Å²) in [7, 11) is -0.432. The lowest BCUT2D eigenvalue weighted by molar-refractivity contribution is -0.738. The summed E-state index contributed by atoms with van der Waals surface area (Å²) in [6.07, 6.45) is 6.65. The minimum Gasteiger partial charge on any atom is -0.307 e. The van der Waals surface area contributed by atoms with E-state index in [1.165, 1.54) is 18.9 Å². The highest BCUT2D eigenvalue weighted by molar-refractivity contribution is 7.52. The Labute approximate surface area is 124 Å². The molecule has 0 bridgehead atoms. The first kappa shape index (κ1) is 17.4. The fourth-order valence-corrected chi connectivity index (χ4v) is 2.32. The van der Waals surface area contributed by atoms with Crippen LogP contribution in [0.25, 0.3) is 11.4 Å². The molecular weight excluding hydrogens is 291 g/mol. The molecule has 0 aliphatic carbocycles. The summed E-state index contributed by atoms with van der Waals surface area (Å²) >= 11 is 0. The van der Waals surface area contributed by atoms with Crippen LogP contribution in [0.4, 0.5) is 0 Å². The number of aromatic nitrogens is 4. The minimum atomic E-state index is -3.12. The highest BCUT2D eigenvalue weighted by atomic mass is 31.2. The smallest absolute Gasteiger partial charge is 0.307 e. The molecule has 0 aliphatic rings. The van der Waals surface area contributed by atoms with Gasteiger partial charge in [-0.05, 0) is 11.2 Å². The van der Waals surface area contributed by atoms with E-state index >= 15 is 0 Å². The lowest BCUT2D eigenvalue weighted by Gasteiger charge is -2.08. The van der Waals surface area contributed by atoms with Crippen molar-refractivity contribution in [2.45, 2.75) is 20.1 Å². The minimum absolute atomic E-state index is 0.0515. The van der Waals surface area contributed by atoms with E-state index in [1.54, 1.807) is 36.9 Å². The van der Waals surface area contributed by atoms with Gasteiger partial charge in [0.15, 0.2) is 12.0 Å². The standard InChI is InChI=1S/C11H14N4O3P.C2H6/c1-17-19(16,18-2)9-15-7-4-10(8-14-15)11-12-5-3-6-13-11;1-2/h3-8H,9H2,1-2H3;1-2H3/q+1;. The first-order valence-electron chi connectivity index (χ1n) is 6.50. The molecule has 2 rings (SSSR count).